The summed E-state index contributed by atoms with van der Waals surface area (Å²) in [5.74, 6) is -1.11. The Bertz CT molecular complexity index is 186. The molecule has 2 atom stereocenters. The molecule has 1 aliphatic rings. The van der Waals surface area contributed by atoms with E-state index in [2.05, 4.69) is 4.90 Å². The molecule has 1 N–H and O–H groups in total. The second-order valence-electron chi connectivity index (χ2n) is 3.81. The van der Waals surface area contributed by atoms with Crippen LogP contribution in [0.1, 0.15) is 19.3 Å². The van der Waals surface area contributed by atoms with Crippen LogP contribution in [-0.4, -0.2) is 42.3 Å². The Morgan fingerprint density at radius 2 is 2.46 bits per heavy atom. The largest absolute Gasteiger partial charge is 0.479 e. The average molecular weight is 189 g/mol. The highest BCUT2D eigenvalue weighted by atomic mass is 19.1. The van der Waals surface area contributed by atoms with Crippen molar-refractivity contribution in [2.75, 3.05) is 20.1 Å². The van der Waals surface area contributed by atoms with E-state index in [9.17, 15) is 9.18 Å². The van der Waals surface area contributed by atoms with E-state index in [-0.39, 0.29) is 12.3 Å². The van der Waals surface area contributed by atoms with E-state index in [4.69, 9.17) is 5.11 Å². The Morgan fingerprint density at radius 1 is 1.77 bits per heavy atom. The Labute approximate surface area is 77.5 Å². The average Bonchev–Trinajstić information content (AvgIpc) is 2.04. The molecule has 2 unspecified atom stereocenters. The van der Waals surface area contributed by atoms with Crippen LogP contribution in [0.2, 0.25) is 0 Å². The van der Waals surface area contributed by atoms with Gasteiger partial charge in [-0.2, -0.15) is 0 Å². The van der Waals surface area contributed by atoms with Gasteiger partial charge in [-0.25, -0.2) is 9.18 Å². The summed E-state index contributed by atoms with van der Waals surface area (Å²) in [6, 6.07) is 0. The molecule has 0 amide bonds. The van der Waals surface area contributed by atoms with Crippen LogP contribution in [0.5, 0.6) is 0 Å². The van der Waals surface area contributed by atoms with Gasteiger partial charge in [0.05, 0.1) is 0 Å². The molecule has 3 nitrogen and oxygen atoms in total. The van der Waals surface area contributed by atoms with Crippen LogP contribution in [-0.2, 0) is 4.79 Å². The van der Waals surface area contributed by atoms with Crippen molar-refractivity contribution in [3.8, 4) is 0 Å². The van der Waals surface area contributed by atoms with E-state index in [1.165, 1.54) is 0 Å². The summed E-state index contributed by atoms with van der Waals surface area (Å²) in [4.78, 5) is 12.4. The zero-order chi connectivity index (χ0) is 9.84. The van der Waals surface area contributed by atoms with Gasteiger partial charge in [0.1, 0.15) is 0 Å². The molecule has 1 rings (SSSR count). The van der Waals surface area contributed by atoms with Crippen molar-refractivity contribution in [1.29, 1.82) is 0 Å². The molecule has 0 spiro atoms. The molecule has 0 bridgehead atoms. The molecule has 76 valence electrons. The second kappa shape index (κ2) is 4.56. The van der Waals surface area contributed by atoms with Gasteiger partial charge in [-0.1, -0.05) is 0 Å². The number of likely N-dealkylation sites (tertiary alicyclic amines) is 1. The smallest absolute Gasteiger partial charge is 0.338 e. The van der Waals surface area contributed by atoms with Crippen LogP contribution in [0, 0.1) is 5.92 Å². The molecule has 13 heavy (non-hydrogen) atoms. The number of hydrogen-bond donors (Lipinski definition) is 1. The lowest BCUT2D eigenvalue weighted by molar-refractivity contribution is -0.143. The third kappa shape index (κ3) is 3.30. The molecule has 1 heterocycles. The van der Waals surface area contributed by atoms with Crippen molar-refractivity contribution in [2.45, 2.75) is 25.4 Å². The molecule has 0 saturated carbocycles. The van der Waals surface area contributed by atoms with Gasteiger partial charge >= 0.3 is 5.97 Å². The fourth-order valence-corrected chi connectivity index (χ4v) is 1.86. The maximum absolute atomic E-state index is 12.8. The predicted molar refractivity (Wildman–Crippen MR) is 47.4 cm³/mol. The number of nitrogens with zero attached hydrogens (tertiary/aromatic N) is 1. The topological polar surface area (TPSA) is 40.5 Å². The number of alkyl halides is 1. The summed E-state index contributed by atoms with van der Waals surface area (Å²) in [6.45, 7) is 1.87. The maximum Gasteiger partial charge on any atom is 0.338 e. The first-order valence-electron chi connectivity index (χ1n) is 4.65. The van der Waals surface area contributed by atoms with Crippen molar-refractivity contribution in [2.24, 2.45) is 5.92 Å². The van der Waals surface area contributed by atoms with E-state index in [1.807, 2.05) is 7.05 Å². The quantitative estimate of drug-likeness (QED) is 0.723. The van der Waals surface area contributed by atoms with E-state index in [1.54, 1.807) is 0 Å². The Kier molecular flexibility index (Phi) is 3.66. The number of carbonyl (C=O) groups is 1. The minimum absolute atomic E-state index is 0.166. The monoisotopic (exact) mass is 189 g/mol. The van der Waals surface area contributed by atoms with Crippen molar-refractivity contribution in [3.05, 3.63) is 0 Å². The van der Waals surface area contributed by atoms with Crippen molar-refractivity contribution < 1.29 is 14.3 Å². The zero-order valence-corrected chi connectivity index (χ0v) is 7.87. The van der Waals surface area contributed by atoms with Gasteiger partial charge < -0.3 is 10.0 Å². The van der Waals surface area contributed by atoms with Crippen LogP contribution in [0.25, 0.3) is 0 Å². The highest BCUT2D eigenvalue weighted by molar-refractivity contribution is 5.71. The number of carboxylic acid groups (broad SMARTS) is 1. The fraction of sp³-hybridized carbons (Fsp3) is 0.889. The summed E-state index contributed by atoms with van der Waals surface area (Å²) < 4.78 is 12.8. The normalized spacial score (nSPS) is 27.1. The number of rotatable bonds is 3. The first kappa shape index (κ1) is 10.4. The number of halogens is 1. The van der Waals surface area contributed by atoms with Gasteiger partial charge in [0.2, 0.25) is 0 Å². The van der Waals surface area contributed by atoms with E-state index >= 15 is 0 Å². The van der Waals surface area contributed by atoms with Gasteiger partial charge in [0.15, 0.2) is 6.17 Å². The summed E-state index contributed by atoms with van der Waals surface area (Å²) in [5, 5.41) is 8.39. The van der Waals surface area contributed by atoms with Gasteiger partial charge in [0, 0.05) is 6.54 Å². The summed E-state index contributed by atoms with van der Waals surface area (Å²) in [5.41, 5.74) is 0. The maximum atomic E-state index is 12.8. The molecule has 0 aliphatic carbocycles. The SMILES string of the molecule is CN1CCCC(CC(F)C(=O)O)C1. The van der Waals surface area contributed by atoms with Crippen LogP contribution < -0.4 is 0 Å². The zero-order valence-electron chi connectivity index (χ0n) is 7.87. The predicted octanol–water partition coefficient (Wildman–Crippen LogP) is 1.14. The van der Waals surface area contributed by atoms with Crippen LogP contribution in [0.4, 0.5) is 4.39 Å². The van der Waals surface area contributed by atoms with Crippen molar-refractivity contribution in [1.82, 2.24) is 4.90 Å². The van der Waals surface area contributed by atoms with Gasteiger partial charge in [0.25, 0.3) is 0 Å². The molecule has 4 heteroatoms. The first-order valence-corrected chi connectivity index (χ1v) is 4.65. The van der Waals surface area contributed by atoms with Crippen LogP contribution in [0.15, 0.2) is 0 Å². The minimum Gasteiger partial charge on any atom is -0.479 e. The summed E-state index contributed by atoms with van der Waals surface area (Å²) >= 11 is 0. The molecule has 0 radical (unpaired) electrons. The van der Waals surface area contributed by atoms with Crippen molar-refractivity contribution >= 4 is 5.97 Å². The van der Waals surface area contributed by atoms with E-state index in [0.717, 1.165) is 25.9 Å². The summed E-state index contributed by atoms with van der Waals surface area (Å²) in [6.07, 6.45) is 0.488. The Morgan fingerprint density at radius 3 is 3.00 bits per heavy atom. The molecule has 1 fully saturated rings. The van der Waals surface area contributed by atoms with Gasteiger partial charge in [-0.3, -0.25) is 0 Å². The number of aliphatic carboxylic acids is 1. The molecule has 0 aromatic rings. The van der Waals surface area contributed by atoms with E-state index in [0.29, 0.717) is 0 Å². The Balaban J connectivity index is 2.31. The lowest BCUT2D eigenvalue weighted by atomic mass is 9.93. The van der Waals surface area contributed by atoms with Gasteiger partial charge in [-0.05, 0) is 38.8 Å². The fourth-order valence-electron chi connectivity index (χ4n) is 1.86. The lowest BCUT2D eigenvalue weighted by Gasteiger charge is -2.29. The summed E-state index contributed by atoms with van der Waals surface area (Å²) in [7, 11) is 1.99. The third-order valence-corrected chi connectivity index (χ3v) is 2.53. The van der Waals surface area contributed by atoms with E-state index < -0.39 is 12.1 Å². The van der Waals surface area contributed by atoms with Gasteiger partial charge in [-0.15, -0.1) is 0 Å². The highest BCUT2D eigenvalue weighted by Crippen LogP contribution is 2.21. The second-order valence-corrected chi connectivity index (χ2v) is 3.81. The molecule has 0 aromatic heterocycles. The third-order valence-electron chi connectivity index (χ3n) is 2.53. The molecular weight excluding hydrogens is 173 g/mol. The standard InChI is InChI=1S/C9H16FNO2/c1-11-4-2-3-7(6-11)5-8(10)9(12)13/h7-8H,2-6H2,1H3,(H,12,13). The minimum atomic E-state index is -1.68. The number of piperidine rings is 1. The number of carboxylic acids is 1. The molecule has 1 aliphatic heterocycles. The molecule has 0 aromatic carbocycles. The molecular formula is C9H16FNO2. The molecule has 1 saturated heterocycles. The van der Waals surface area contributed by atoms with Crippen LogP contribution >= 0.6 is 0 Å². The van der Waals surface area contributed by atoms with Crippen LogP contribution in [0.3, 0.4) is 0 Å². The highest BCUT2D eigenvalue weighted by Gasteiger charge is 2.24. The first-order chi connectivity index (χ1) is 6.09. The number of hydrogen-bond acceptors (Lipinski definition) is 2. The Hall–Kier alpha value is -0.640. The van der Waals surface area contributed by atoms with Crippen molar-refractivity contribution in [3.63, 3.8) is 0 Å². The lowest BCUT2D eigenvalue weighted by Crippen LogP contribution is -2.34.